The highest BCUT2D eigenvalue weighted by molar-refractivity contribution is 7.53. The van der Waals surface area contributed by atoms with Gasteiger partial charge in [-0.15, -0.1) is 0 Å². The number of hydrogen-bond acceptors (Lipinski definition) is 2. The minimum absolute atomic E-state index is 0.515. The van der Waals surface area contributed by atoms with Crippen LogP contribution in [0.25, 0.3) is 0 Å². The van der Waals surface area contributed by atoms with Crippen LogP contribution >= 0.6 is 7.67 Å². The third-order valence-electron chi connectivity index (χ3n) is 5.82. The first-order chi connectivity index (χ1) is 14.0. The predicted octanol–water partition coefficient (Wildman–Crippen LogP) is 8.13. The van der Waals surface area contributed by atoms with Crippen LogP contribution in [0, 0.1) is 5.92 Å². The van der Waals surface area contributed by atoms with E-state index in [1.165, 1.54) is 19.3 Å². The molecule has 0 saturated carbocycles. The Hall–Kier alpha value is 0.110. The molecule has 0 aliphatic carbocycles. The van der Waals surface area contributed by atoms with Crippen LogP contribution in [0.2, 0.25) is 0 Å². The summed E-state index contributed by atoms with van der Waals surface area (Å²) in [7, 11) is -2.99. The van der Waals surface area contributed by atoms with Crippen molar-refractivity contribution in [2.24, 2.45) is 5.92 Å². The van der Waals surface area contributed by atoms with E-state index in [1.54, 1.807) is 0 Å². The van der Waals surface area contributed by atoms with Crippen LogP contribution in [-0.2, 0) is 9.09 Å². The SMILES string of the molecule is CCCCC(CC)COP(=O)(N(CCCC)CCCC)N(CCCC)CCCC. The molecule has 0 bridgehead atoms. The molecule has 0 aromatic carbocycles. The molecular formula is C24H53N2O2P. The summed E-state index contributed by atoms with van der Waals surface area (Å²) >= 11 is 0. The van der Waals surface area contributed by atoms with Gasteiger partial charge in [0.25, 0.3) is 0 Å². The van der Waals surface area contributed by atoms with Gasteiger partial charge in [0.2, 0.25) is 0 Å². The second-order valence-electron chi connectivity index (χ2n) is 8.52. The van der Waals surface area contributed by atoms with Gasteiger partial charge in [-0.3, -0.25) is 4.57 Å². The third-order valence-corrected chi connectivity index (χ3v) is 8.53. The Morgan fingerprint density at radius 2 is 1.03 bits per heavy atom. The molecule has 0 aliphatic heterocycles. The van der Waals surface area contributed by atoms with E-state index in [9.17, 15) is 4.57 Å². The highest BCUT2D eigenvalue weighted by Crippen LogP contribution is 2.55. The van der Waals surface area contributed by atoms with Crippen molar-refractivity contribution in [3.63, 3.8) is 0 Å². The lowest BCUT2D eigenvalue weighted by molar-refractivity contribution is 0.167. The van der Waals surface area contributed by atoms with Crippen molar-refractivity contribution in [2.45, 2.75) is 119 Å². The van der Waals surface area contributed by atoms with Crippen molar-refractivity contribution in [2.75, 3.05) is 32.8 Å². The van der Waals surface area contributed by atoms with Crippen LogP contribution in [0.3, 0.4) is 0 Å². The Morgan fingerprint density at radius 1 is 0.655 bits per heavy atom. The van der Waals surface area contributed by atoms with Gasteiger partial charge >= 0.3 is 7.67 Å². The smallest absolute Gasteiger partial charge is 0.306 e. The second kappa shape index (κ2) is 18.8. The molecule has 0 amide bonds. The Balaban J connectivity index is 5.62. The minimum Gasteiger partial charge on any atom is -0.306 e. The van der Waals surface area contributed by atoms with Crippen LogP contribution in [0.5, 0.6) is 0 Å². The predicted molar refractivity (Wildman–Crippen MR) is 130 cm³/mol. The average molecular weight is 433 g/mol. The van der Waals surface area contributed by atoms with Crippen LogP contribution in [0.15, 0.2) is 0 Å². The van der Waals surface area contributed by atoms with Crippen LogP contribution in [0.4, 0.5) is 0 Å². The Morgan fingerprint density at radius 3 is 1.34 bits per heavy atom. The fourth-order valence-corrected chi connectivity index (χ4v) is 6.20. The van der Waals surface area contributed by atoms with Crippen molar-refractivity contribution in [1.82, 2.24) is 9.34 Å². The normalized spacial score (nSPS) is 13.5. The fourth-order valence-electron chi connectivity index (χ4n) is 3.53. The van der Waals surface area contributed by atoms with Gasteiger partial charge in [0, 0.05) is 26.2 Å². The Labute approximate surface area is 183 Å². The molecule has 5 heteroatoms. The Bertz CT molecular complexity index is 366. The summed E-state index contributed by atoms with van der Waals surface area (Å²) in [5.41, 5.74) is 0. The van der Waals surface area contributed by atoms with Crippen molar-refractivity contribution in [1.29, 1.82) is 0 Å². The molecule has 0 heterocycles. The first kappa shape index (κ1) is 29.1. The molecule has 0 saturated heterocycles. The van der Waals surface area contributed by atoms with Crippen molar-refractivity contribution >= 4 is 7.67 Å². The maximum Gasteiger partial charge on any atom is 0.346 e. The van der Waals surface area contributed by atoms with Crippen molar-refractivity contribution in [3.05, 3.63) is 0 Å². The van der Waals surface area contributed by atoms with Crippen molar-refractivity contribution in [3.8, 4) is 0 Å². The summed E-state index contributed by atoms with van der Waals surface area (Å²) in [5.74, 6) is 0.515. The zero-order valence-electron chi connectivity index (χ0n) is 20.8. The standard InChI is InChI=1S/C24H53N2O2P/c1-7-13-18-24(12-6)23-28-29(27,25(19-14-8-2)20-15-9-3)26(21-16-10-4)22-17-11-5/h24H,7-23H2,1-6H3. The molecule has 0 rings (SSSR count). The van der Waals surface area contributed by atoms with Gasteiger partial charge in [-0.05, 0) is 38.0 Å². The molecule has 0 aromatic rings. The fraction of sp³-hybridized carbons (Fsp3) is 1.00. The molecule has 0 N–H and O–H groups in total. The first-order valence-corrected chi connectivity index (χ1v) is 14.3. The molecule has 29 heavy (non-hydrogen) atoms. The van der Waals surface area contributed by atoms with Gasteiger partial charge in [0.1, 0.15) is 0 Å². The number of rotatable bonds is 21. The summed E-state index contributed by atoms with van der Waals surface area (Å²) in [5, 5.41) is 0. The zero-order chi connectivity index (χ0) is 22.0. The monoisotopic (exact) mass is 432 g/mol. The molecule has 0 aromatic heterocycles. The minimum atomic E-state index is -2.99. The van der Waals surface area contributed by atoms with E-state index < -0.39 is 7.67 Å². The van der Waals surface area contributed by atoms with E-state index in [2.05, 4.69) is 50.9 Å². The summed E-state index contributed by atoms with van der Waals surface area (Å²) < 4.78 is 25.5. The quantitative estimate of drug-likeness (QED) is 0.171. The average Bonchev–Trinajstić information content (AvgIpc) is 2.73. The number of unbranched alkanes of at least 4 members (excludes halogenated alkanes) is 5. The largest absolute Gasteiger partial charge is 0.346 e. The second-order valence-corrected chi connectivity index (χ2v) is 10.9. The molecule has 0 radical (unpaired) electrons. The lowest BCUT2D eigenvalue weighted by Gasteiger charge is -2.39. The van der Waals surface area contributed by atoms with Gasteiger partial charge in [-0.1, -0.05) is 86.5 Å². The molecule has 4 nitrogen and oxygen atoms in total. The maximum absolute atomic E-state index is 14.6. The topological polar surface area (TPSA) is 32.8 Å². The van der Waals surface area contributed by atoms with E-state index in [0.717, 1.165) is 84.0 Å². The number of hydrogen-bond donors (Lipinski definition) is 0. The molecule has 1 atom stereocenters. The third kappa shape index (κ3) is 11.9. The van der Waals surface area contributed by atoms with Gasteiger partial charge in [-0.25, -0.2) is 9.34 Å². The van der Waals surface area contributed by atoms with Gasteiger partial charge in [0.05, 0.1) is 6.61 Å². The zero-order valence-corrected chi connectivity index (χ0v) is 21.7. The van der Waals surface area contributed by atoms with Gasteiger partial charge in [0.15, 0.2) is 0 Å². The molecule has 0 fully saturated rings. The van der Waals surface area contributed by atoms with E-state index in [-0.39, 0.29) is 0 Å². The maximum atomic E-state index is 14.6. The van der Waals surface area contributed by atoms with E-state index in [1.807, 2.05) is 0 Å². The van der Waals surface area contributed by atoms with E-state index in [4.69, 9.17) is 4.52 Å². The molecule has 176 valence electrons. The summed E-state index contributed by atoms with van der Waals surface area (Å²) in [4.78, 5) is 0. The summed E-state index contributed by atoms with van der Waals surface area (Å²) in [6.45, 7) is 17.5. The molecule has 0 aliphatic rings. The van der Waals surface area contributed by atoms with E-state index in [0.29, 0.717) is 12.5 Å². The van der Waals surface area contributed by atoms with Crippen molar-refractivity contribution < 1.29 is 9.09 Å². The van der Waals surface area contributed by atoms with Crippen LogP contribution < -0.4 is 0 Å². The molecular weight excluding hydrogens is 379 g/mol. The lowest BCUT2D eigenvalue weighted by Crippen LogP contribution is -2.36. The number of nitrogens with zero attached hydrogens (tertiary/aromatic N) is 2. The van der Waals surface area contributed by atoms with Crippen LogP contribution in [-0.4, -0.2) is 42.1 Å². The molecule has 0 spiro atoms. The highest BCUT2D eigenvalue weighted by atomic mass is 31.2. The van der Waals surface area contributed by atoms with Gasteiger partial charge < -0.3 is 4.52 Å². The van der Waals surface area contributed by atoms with Gasteiger partial charge in [-0.2, -0.15) is 0 Å². The van der Waals surface area contributed by atoms with Crippen LogP contribution in [0.1, 0.15) is 119 Å². The summed E-state index contributed by atoms with van der Waals surface area (Å²) in [6, 6.07) is 0. The highest BCUT2D eigenvalue weighted by Gasteiger charge is 2.38. The molecule has 1 unspecified atom stereocenters. The van der Waals surface area contributed by atoms with E-state index >= 15 is 0 Å². The first-order valence-electron chi connectivity index (χ1n) is 12.8. The Kier molecular flexibility index (Phi) is 18.9. The lowest BCUT2D eigenvalue weighted by atomic mass is 10.0. The summed E-state index contributed by atoms with van der Waals surface area (Å²) in [6.07, 6.45) is 13.6.